The van der Waals surface area contributed by atoms with Gasteiger partial charge >= 0.3 is 19.5 Å². The molecule has 1 amide bonds. The lowest BCUT2D eigenvalue weighted by atomic mass is 9.98. The minimum absolute atomic E-state index is 0.0636. The Bertz CT molecular complexity index is 1110. The van der Waals surface area contributed by atoms with Crippen molar-refractivity contribution < 1.29 is 42.3 Å². The second-order valence-corrected chi connectivity index (χ2v) is 13.9. The standard InChI is InChI=1S/C30H42NO9P/c1-29(2,3)27(33)36-22-39-41(35,40-23-37-28(34)30(4,5)6)26(19-24-13-9-7-10-14-24)17-18-31(21-32)38-20-25-15-11-8-12-16-25/h7-16,21,26H,17-20,22-23H2,1-6H3. The van der Waals surface area contributed by atoms with Crippen LogP contribution in [0.25, 0.3) is 0 Å². The normalized spacial score (nSPS) is 12.8. The zero-order valence-corrected chi connectivity index (χ0v) is 25.6. The average molecular weight is 592 g/mol. The third-order valence-electron chi connectivity index (χ3n) is 5.87. The van der Waals surface area contributed by atoms with Crippen LogP contribution in [0.3, 0.4) is 0 Å². The van der Waals surface area contributed by atoms with Gasteiger partial charge in [0.05, 0.1) is 16.5 Å². The van der Waals surface area contributed by atoms with Crippen LogP contribution in [0, 0.1) is 10.8 Å². The molecule has 0 saturated heterocycles. The Labute approximate surface area is 242 Å². The van der Waals surface area contributed by atoms with E-state index in [0.717, 1.165) is 16.2 Å². The predicted molar refractivity (Wildman–Crippen MR) is 153 cm³/mol. The first-order valence-electron chi connectivity index (χ1n) is 13.4. The monoisotopic (exact) mass is 591 g/mol. The first kappa shape index (κ1) is 34.2. The Hall–Kier alpha value is -3.04. The number of hydrogen-bond donors (Lipinski definition) is 0. The molecule has 0 aromatic heterocycles. The Kier molecular flexibility index (Phi) is 13.2. The van der Waals surface area contributed by atoms with Gasteiger partial charge in [0.25, 0.3) is 0 Å². The number of rotatable bonds is 16. The highest BCUT2D eigenvalue weighted by molar-refractivity contribution is 7.54. The van der Waals surface area contributed by atoms with Gasteiger partial charge in [-0.15, -0.1) is 0 Å². The molecule has 0 aliphatic rings. The molecule has 2 aromatic carbocycles. The quantitative estimate of drug-likeness (QED) is 0.0773. The fraction of sp³-hybridized carbons (Fsp3) is 0.500. The van der Waals surface area contributed by atoms with E-state index >= 15 is 0 Å². The number of hydroxylamine groups is 2. The molecule has 41 heavy (non-hydrogen) atoms. The number of hydrogen-bond acceptors (Lipinski definition) is 9. The smallest absolute Gasteiger partial charge is 0.339 e. The van der Waals surface area contributed by atoms with Crippen molar-refractivity contribution >= 4 is 25.9 Å². The molecule has 2 rings (SSSR count). The lowest BCUT2D eigenvalue weighted by Gasteiger charge is -2.29. The van der Waals surface area contributed by atoms with Gasteiger partial charge in [-0.2, -0.15) is 0 Å². The van der Waals surface area contributed by atoms with E-state index in [1.54, 1.807) is 41.5 Å². The van der Waals surface area contributed by atoms with Gasteiger partial charge in [-0.05, 0) is 65.5 Å². The molecular formula is C30H42NO9P. The van der Waals surface area contributed by atoms with Crippen LogP contribution in [-0.4, -0.2) is 49.2 Å². The van der Waals surface area contributed by atoms with Crippen LogP contribution in [0.2, 0.25) is 0 Å². The van der Waals surface area contributed by atoms with E-state index in [1.165, 1.54) is 0 Å². The number of carbonyl (C=O) groups excluding carboxylic acids is 3. The summed E-state index contributed by atoms with van der Waals surface area (Å²) in [6.45, 7) is 9.04. The zero-order valence-electron chi connectivity index (χ0n) is 24.7. The Balaban J connectivity index is 2.24. The molecule has 0 N–H and O–H groups in total. The highest BCUT2D eigenvalue weighted by Gasteiger charge is 2.38. The van der Waals surface area contributed by atoms with Crippen LogP contribution in [0.15, 0.2) is 60.7 Å². The highest BCUT2D eigenvalue weighted by atomic mass is 31.2. The van der Waals surface area contributed by atoms with Gasteiger partial charge < -0.3 is 9.47 Å². The second kappa shape index (κ2) is 15.8. The van der Waals surface area contributed by atoms with Gasteiger partial charge in [-0.25, -0.2) is 5.06 Å². The maximum Gasteiger partial charge on any atom is 0.339 e. The number of amides is 1. The summed E-state index contributed by atoms with van der Waals surface area (Å²) in [4.78, 5) is 42.0. The van der Waals surface area contributed by atoms with Gasteiger partial charge in [0.2, 0.25) is 20.0 Å². The van der Waals surface area contributed by atoms with E-state index in [0.29, 0.717) is 6.41 Å². The van der Waals surface area contributed by atoms with Crippen LogP contribution in [0.1, 0.15) is 59.1 Å². The average Bonchev–Trinajstić information content (AvgIpc) is 2.92. The molecule has 1 atom stereocenters. The van der Waals surface area contributed by atoms with Crippen LogP contribution in [0.4, 0.5) is 0 Å². The van der Waals surface area contributed by atoms with Crippen LogP contribution in [-0.2, 0) is 55.3 Å². The summed E-state index contributed by atoms with van der Waals surface area (Å²) in [5, 5.41) is 1.12. The molecule has 2 aromatic rings. The third kappa shape index (κ3) is 12.2. The molecule has 0 fully saturated rings. The third-order valence-corrected chi connectivity index (χ3v) is 8.14. The summed E-state index contributed by atoms with van der Waals surface area (Å²) in [6, 6.07) is 18.6. The Morgan fingerprint density at radius 2 is 1.27 bits per heavy atom. The van der Waals surface area contributed by atoms with Gasteiger partial charge in [0, 0.05) is 6.54 Å². The van der Waals surface area contributed by atoms with Crippen molar-refractivity contribution in [3.63, 3.8) is 0 Å². The van der Waals surface area contributed by atoms with E-state index in [2.05, 4.69) is 0 Å². The molecule has 1 unspecified atom stereocenters. The second-order valence-electron chi connectivity index (χ2n) is 11.5. The molecule has 0 heterocycles. The van der Waals surface area contributed by atoms with E-state index < -0.39 is 49.6 Å². The van der Waals surface area contributed by atoms with E-state index in [1.807, 2.05) is 60.7 Å². The van der Waals surface area contributed by atoms with Crippen LogP contribution in [0.5, 0.6) is 0 Å². The van der Waals surface area contributed by atoms with Crippen molar-refractivity contribution in [1.29, 1.82) is 0 Å². The summed E-state index contributed by atoms with van der Waals surface area (Å²) in [5.41, 5.74) is -0.708. The fourth-order valence-electron chi connectivity index (χ4n) is 3.40. The van der Waals surface area contributed by atoms with E-state index in [-0.39, 0.29) is 26.0 Å². The van der Waals surface area contributed by atoms with E-state index in [9.17, 15) is 18.9 Å². The first-order valence-corrected chi connectivity index (χ1v) is 15.0. The lowest BCUT2D eigenvalue weighted by Crippen LogP contribution is -2.29. The first-order chi connectivity index (χ1) is 19.2. The van der Waals surface area contributed by atoms with Crippen molar-refractivity contribution in [2.75, 3.05) is 20.1 Å². The molecule has 0 saturated carbocycles. The van der Waals surface area contributed by atoms with Crippen molar-refractivity contribution in [3.8, 4) is 0 Å². The molecule has 0 spiro atoms. The molecule has 10 nitrogen and oxygen atoms in total. The van der Waals surface area contributed by atoms with Gasteiger partial charge in [-0.1, -0.05) is 60.7 Å². The van der Waals surface area contributed by atoms with Gasteiger partial charge in [-0.3, -0.25) is 32.8 Å². The maximum absolute atomic E-state index is 14.3. The number of esters is 2. The van der Waals surface area contributed by atoms with Gasteiger partial charge in [0.1, 0.15) is 6.61 Å². The predicted octanol–water partition coefficient (Wildman–Crippen LogP) is 5.90. The summed E-state index contributed by atoms with van der Waals surface area (Å²) < 4.78 is 36.0. The SMILES string of the molecule is CC(C)(C)C(=O)OCOP(=O)(OCOC(=O)C(C)(C)C)C(CCN(C=O)OCc1ccccc1)Cc1ccccc1. The molecule has 226 valence electrons. The number of benzene rings is 2. The Morgan fingerprint density at radius 3 is 1.71 bits per heavy atom. The van der Waals surface area contributed by atoms with Crippen LogP contribution < -0.4 is 0 Å². The zero-order chi connectivity index (χ0) is 30.5. The molecule has 0 radical (unpaired) electrons. The van der Waals surface area contributed by atoms with Crippen molar-refractivity contribution in [1.82, 2.24) is 5.06 Å². The topological polar surface area (TPSA) is 118 Å². The fourth-order valence-corrected chi connectivity index (χ4v) is 5.16. The van der Waals surface area contributed by atoms with Crippen molar-refractivity contribution in [2.45, 2.75) is 66.6 Å². The van der Waals surface area contributed by atoms with Gasteiger partial charge in [0.15, 0.2) is 0 Å². The summed E-state index contributed by atoms with van der Waals surface area (Å²) in [6.07, 6.45) is 0.926. The minimum atomic E-state index is -4.11. The minimum Gasteiger partial charge on any atom is -0.438 e. The number of nitrogens with zero attached hydrogens (tertiary/aromatic N) is 1. The molecule has 0 bridgehead atoms. The number of ether oxygens (including phenoxy) is 2. The summed E-state index contributed by atoms with van der Waals surface area (Å²) in [7, 11) is -4.11. The van der Waals surface area contributed by atoms with Crippen molar-refractivity contribution in [3.05, 3.63) is 71.8 Å². The lowest BCUT2D eigenvalue weighted by molar-refractivity contribution is -0.177. The van der Waals surface area contributed by atoms with E-state index in [4.69, 9.17) is 23.4 Å². The highest BCUT2D eigenvalue weighted by Crippen LogP contribution is 2.55. The molecule has 0 aliphatic heterocycles. The number of carbonyl (C=O) groups is 3. The van der Waals surface area contributed by atoms with Crippen molar-refractivity contribution in [2.24, 2.45) is 10.8 Å². The molecular weight excluding hydrogens is 549 g/mol. The van der Waals surface area contributed by atoms with Crippen LogP contribution >= 0.6 is 7.60 Å². The molecule has 0 aliphatic carbocycles. The Morgan fingerprint density at radius 1 is 0.805 bits per heavy atom. The maximum atomic E-state index is 14.3. The summed E-state index contributed by atoms with van der Waals surface area (Å²) >= 11 is 0. The largest absolute Gasteiger partial charge is 0.438 e. The molecule has 11 heteroatoms. The summed E-state index contributed by atoms with van der Waals surface area (Å²) in [5.74, 6) is -1.10.